The molecule has 0 saturated heterocycles. The molecule has 0 aliphatic rings. The highest BCUT2D eigenvalue weighted by Crippen LogP contribution is 2.24. The van der Waals surface area contributed by atoms with E-state index >= 15 is 0 Å². The minimum Gasteiger partial charge on any atom is -0.489 e. The van der Waals surface area contributed by atoms with Crippen LogP contribution in [0.2, 0.25) is 10.0 Å². The summed E-state index contributed by atoms with van der Waals surface area (Å²) in [4.78, 5) is 0. The lowest BCUT2D eigenvalue weighted by molar-refractivity contribution is 0.303. The van der Waals surface area contributed by atoms with Crippen molar-refractivity contribution in [3.63, 3.8) is 0 Å². The van der Waals surface area contributed by atoms with E-state index in [1.165, 1.54) is 5.56 Å². The number of benzene rings is 2. The van der Waals surface area contributed by atoms with Crippen LogP contribution in [0.25, 0.3) is 0 Å². The second-order valence-electron chi connectivity index (χ2n) is 4.52. The van der Waals surface area contributed by atoms with E-state index in [0.29, 0.717) is 23.2 Å². The molecule has 0 bridgehead atoms. The molecule has 4 heteroatoms. The normalized spacial score (nSPS) is 10.6. The number of ether oxygens (including phenoxy) is 1. The summed E-state index contributed by atoms with van der Waals surface area (Å²) >= 11 is 12.0. The molecule has 2 aromatic carbocycles. The Labute approximate surface area is 129 Å². The molecule has 0 aliphatic carbocycles. The fourth-order valence-electron chi connectivity index (χ4n) is 1.94. The highest BCUT2D eigenvalue weighted by Gasteiger charge is 2.05. The van der Waals surface area contributed by atoms with Gasteiger partial charge in [0.15, 0.2) is 0 Å². The van der Waals surface area contributed by atoms with Gasteiger partial charge >= 0.3 is 0 Å². The monoisotopic (exact) mass is 309 g/mol. The molecule has 0 amide bonds. The maximum Gasteiger partial charge on any atom is 0.122 e. The number of hydrogen-bond donors (Lipinski definition) is 1. The van der Waals surface area contributed by atoms with Gasteiger partial charge in [0.25, 0.3) is 0 Å². The van der Waals surface area contributed by atoms with E-state index in [4.69, 9.17) is 33.7 Å². The van der Waals surface area contributed by atoms with Crippen LogP contribution >= 0.6 is 23.2 Å². The quantitative estimate of drug-likeness (QED) is 0.854. The summed E-state index contributed by atoms with van der Waals surface area (Å²) in [5.41, 5.74) is 7.65. The third-order valence-electron chi connectivity index (χ3n) is 3.02. The third-order valence-corrected chi connectivity index (χ3v) is 3.61. The van der Waals surface area contributed by atoms with Crippen molar-refractivity contribution in [2.45, 2.75) is 19.4 Å². The molecular formula is C16H17Cl2NO. The van der Waals surface area contributed by atoms with Gasteiger partial charge in [-0.3, -0.25) is 0 Å². The van der Waals surface area contributed by atoms with Gasteiger partial charge in [-0.2, -0.15) is 0 Å². The zero-order valence-corrected chi connectivity index (χ0v) is 12.6. The van der Waals surface area contributed by atoms with Crippen molar-refractivity contribution < 1.29 is 4.74 Å². The SMILES string of the molecule is NCCCc1ccccc1OCc1ccc(Cl)cc1Cl. The molecule has 0 saturated carbocycles. The van der Waals surface area contributed by atoms with Crippen LogP contribution in [-0.4, -0.2) is 6.54 Å². The van der Waals surface area contributed by atoms with Gasteiger partial charge in [-0.1, -0.05) is 47.5 Å². The van der Waals surface area contributed by atoms with E-state index in [9.17, 15) is 0 Å². The number of halogens is 2. The average molecular weight is 310 g/mol. The van der Waals surface area contributed by atoms with Crippen LogP contribution in [-0.2, 0) is 13.0 Å². The molecule has 106 valence electrons. The van der Waals surface area contributed by atoms with E-state index in [1.807, 2.05) is 30.3 Å². The summed E-state index contributed by atoms with van der Waals surface area (Å²) in [7, 11) is 0. The second-order valence-corrected chi connectivity index (χ2v) is 5.37. The van der Waals surface area contributed by atoms with E-state index in [-0.39, 0.29) is 0 Å². The molecule has 2 N–H and O–H groups in total. The summed E-state index contributed by atoms with van der Waals surface area (Å²) in [6, 6.07) is 13.4. The zero-order valence-electron chi connectivity index (χ0n) is 11.1. The minimum absolute atomic E-state index is 0.426. The molecule has 0 fully saturated rings. The van der Waals surface area contributed by atoms with Crippen molar-refractivity contribution in [1.82, 2.24) is 0 Å². The first kappa shape index (κ1) is 15.2. The van der Waals surface area contributed by atoms with Gasteiger partial charge < -0.3 is 10.5 Å². The summed E-state index contributed by atoms with van der Waals surface area (Å²) < 4.78 is 5.87. The van der Waals surface area contributed by atoms with Crippen molar-refractivity contribution in [2.75, 3.05) is 6.54 Å². The number of para-hydroxylation sites is 1. The summed E-state index contributed by atoms with van der Waals surface area (Å²) in [5.74, 6) is 0.881. The van der Waals surface area contributed by atoms with Gasteiger partial charge in [0.05, 0.1) is 0 Å². The van der Waals surface area contributed by atoms with Crippen LogP contribution in [0.1, 0.15) is 17.5 Å². The third kappa shape index (κ3) is 4.14. The average Bonchev–Trinajstić information content (AvgIpc) is 2.45. The maximum absolute atomic E-state index is 6.14. The molecule has 20 heavy (non-hydrogen) atoms. The van der Waals surface area contributed by atoms with Gasteiger partial charge in [0.2, 0.25) is 0 Å². The van der Waals surface area contributed by atoms with Gasteiger partial charge in [-0.05, 0) is 43.1 Å². The fourth-order valence-corrected chi connectivity index (χ4v) is 2.40. The highest BCUT2D eigenvalue weighted by molar-refractivity contribution is 6.35. The molecule has 0 unspecified atom stereocenters. The summed E-state index contributed by atoms with van der Waals surface area (Å²) in [5, 5.41) is 1.25. The predicted octanol–water partition coefficient (Wildman–Crippen LogP) is 4.46. The van der Waals surface area contributed by atoms with E-state index < -0.39 is 0 Å². The van der Waals surface area contributed by atoms with Gasteiger partial charge in [-0.25, -0.2) is 0 Å². The largest absolute Gasteiger partial charge is 0.489 e. The Morgan fingerprint density at radius 3 is 2.55 bits per heavy atom. The van der Waals surface area contributed by atoms with Crippen molar-refractivity contribution >= 4 is 23.2 Å². The van der Waals surface area contributed by atoms with Crippen molar-refractivity contribution in [1.29, 1.82) is 0 Å². The van der Waals surface area contributed by atoms with Crippen molar-refractivity contribution in [2.24, 2.45) is 5.73 Å². The number of rotatable bonds is 6. The first-order chi connectivity index (χ1) is 9.70. The van der Waals surface area contributed by atoms with E-state index in [1.54, 1.807) is 6.07 Å². The second kappa shape index (κ2) is 7.53. The molecule has 2 nitrogen and oxygen atoms in total. The first-order valence-electron chi connectivity index (χ1n) is 6.55. The van der Waals surface area contributed by atoms with Crippen molar-refractivity contribution in [3.05, 3.63) is 63.6 Å². The molecule has 0 heterocycles. The lowest BCUT2D eigenvalue weighted by Gasteiger charge is -2.12. The summed E-state index contributed by atoms with van der Waals surface area (Å²) in [6.45, 7) is 1.10. The van der Waals surface area contributed by atoms with Crippen molar-refractivity contribution in [3.8, 4) is 5.75 Å². The Morgan fingerprint density at radius 1 is 1.00 bits per heavy atom. The standard InChI is InChI=1S/C16H17Cl2NO/c17-14-8-7-13(15(18)10-14)11-20-16-6-2-1-4-12(16)5-3-9-19/h1-2,4,6-8,10H,3,5,9,11,19H2. The minimum atomic E-state index is 0.426. The lowest BCUT2D eigenvalue weighted by atomic mass is 10.1. The number of hydrogen-bond acceptors (Lipinski definition) is 2. The Hall–Kier alpha value is -1.22. The van der Waals surface area contributed by atoms with Crippen LogP contribution in [0.15, 0.2) is 42.5 Å². The molecule has 0 aliphatic heterocycles. The molecule has 0 spiro atoms. The van der Waals surface area contributed by atoms with Gasteiger partial charge in [-0.15, -0.1) is 0 Å². The molecule has 0 radical (unpaired) electrons. The zero-order chi connectivity index (χ0) is 14.4. The predicted molar refractivity (Wildman–Crippen MR) is 84.6 cm³/mol. The molecule has 0 aromatic heterocycles. The molecular weight excluding hydrogens is 293 g/mol. The van der Waals surface area contributed by atoms with Gasteiger partial charge in [0, 0.05) is 15.6 Å². The number of aryl methyl sites for hydroxylation is 1. The van der Waals surface area contributed by atoms with Crippen LogP contribution in [0.5, 0.6) is 5.75 Å². The number of nitrogens with two attached hydrogens (primary N) is 1. The Morgan fingerprint density at radius 2 is 1.80 bits per heavy atom. The maximum atomic E-state index is 6.14. The van der Waals surface area contributed by atoms with Crippen LogP contribution in [0, 0.1) is 0 Å². The fraction of sp³-hybridized carbons (Fsp3) is 0.250. The van der Waals surface area contributed by atoms with E-state index in [0.717, 1.165) is 24.2 Å². The van der Waals surface area contributed by atoms with Gasteiger partial charge in [0.1, 0.15) is 12.4 Å². The first-order valence-corrected chi connectivity index (χ1v) is 7.31. The molecule has 2 aromatic rings. The molecule has 0 atom stereocenters. The van der Waals surface area contributed by atoms with Crippen LogP contribution < -0.4 is 10.5 Å². The topological polar surface area (TPSA) is 35.2 Å². The smallest absolute Gasteiger partial charge is 0.122 e. The Kier molecular flexibility index (Phi) is 5.72. The summed E-state index contributed by atoms with van der Waals surface area (Å²) in [6.07, 6.45) is 1.86. The van der Waals surface area contributed by atoms with E-state index in [2.05, 4.69) is 6.07 Å². The van der Waals surface area contributed by atoms with Crippen LogP contribution in [0.4, 0.5) is 0 Å². The molecule has 2 rings (SSSR count). The van der Waals surface area contributed by atoms with Crippen LogP contribution in [0.3, 0.4) is 0 Å². The Bertz CT molecular complexity index is 572. The highest BCUT2D eigenvalue weighted by atomic mass is 35.5. The lowest BCUT2D eigenvalue weighted by Crippen LogP contribution is -2.03. The Balaban J connectivity index is 2.06.